The number of aryl methyl sites for hydroxylation is 1. The number of Topliss-reactive ketones (excluding diaryl/α,β-unsaturated/α-hetero) is 1. The van der Waals surface area contributed by atoms with Gasteiger partial charge in [0.2, 0.25) is 0 Å². The van der Waals surface area contributed by atoms with E-state index in [2.05, 4.69) is 12.6 Å². The van der Waals surface area contributed by atoms with Crippen molar-refractivity contribution in [3.8, 4) is 0 Å². The summed E-state index contributed by atoms with van der Waals surface area (Å²) in [5.74, 6) is 0.453. The largest absolute Gasteiger partial charge is 0.321 e. The molecule has 1 aromatic carbocycles. The fourth-order valence-electron chi connectivity index (χ4n) is 1.14. The van der Waals surface area contributed by atoms with Gasteiger partial charge >= 0.3 is 0 Å². The van der Waals surface area contributed by atoms with Gasteiger partial charge in [-0.25, -0.2) is 0 Å². The van der Waals surface area contributed by atoms with Crippen LogP contribution < -0.4 is 5.73 Å². The van der Waals surface area contributed by atoms with Crippen molar-refractivity contribution in [2.24, 2.45) is 5.73 Å². The Morgan fingerprint density at radius 1 is 1.43 bits per heavy atom. The summed E-state index contributed by atoms with van der Waals surface area (Å²) in [6, 6.07) is 7.46. The first kappa shape index (κ1) is 11.3. The van der Waals surface area contributed by atoms with Crippen LogP contribution in [0.5, 0.6) is 0 Å². The average Bonchev–Trinajstić information content (AvgIpc) is 2.20. The molecule has 2 nitrogen and oxygen atoms in total. The number of hydrogen-bond acceptors (Lipinski definition) is 3. The van der Waals surface area contributed by atoms with Crippen LogP contribution in [-0.2, 0) is 11.2 Å². The van der Waals surface area contributed by atoms with E-state index < -0.39 is 6.04 Å². The molecular formula is C11H15NOS. The summed E-state index contributed by atoms with van der Waals surface area (Å²) < 4.78 is 0. The summed E-state index contributed by atoms with van der Waals surface area (Å²) in [5, 5.41) is 0. The van der Waals surface area contributed by atoms with E-state index in [1.165, 1.54) is 5.56 Å². The fourth-order valence-corrected chi connectivity index (χ4v) is 1.34. The Labute approximate surface area is 89.9 Å². The number of carbonyl (C=O) groups is 1. The molecule has 1 rings (SSSR count). The molecule has 0 aliphatic rings. The SMILES string of the molecule is Cc1ccc(CC(=O)[C@H](N)CS)cc1. The van der Waals surface area contributed by atoms with Crippen LogP contribution in [0.2, 0.25) is 0 Å². The number of carbonyl (C=O) groups excluding carboxylic acids is 1. The Hall–Kier alpha value is -0.800. The third kappa shape index (κ3) is 3.16. The number of ketones is 1. The molecule has 0 aliphatic heterocycles. The van der Waals surface area contributed by atoms with Gasteiger partial charge in [0, 0.05) is 12.2 Å². The maximum atomic E-state index is 11.5. The Bertz CT molecular complexity index is 308. The molecule has 0 aromatic heterocycles. The molecule has 0 saturated heterocycles. The number of nitrogens with two attached hydrogens (primary N) is 1. The topological polar surface area (TPSA) is 43.1 Å². The molecule has 0 amide bonds. The Morgan fingerprint density at radius 2 is 2.00 bits per heavy atom. The second kappa shape index (κ2) is 5.17. The third-order valence-electron chi connectivity index (χ3n) is 2.11. The van der Waals surface area contributed by atoms with E-state index in [0.717, 1.165) is 5.56 Å². The smallest absolute Gasteiger partial charge is 0.154 e. The fraction of sp³-hybridized carbons (Fsp3) is 0.364. The van der Waals surface area contributed by atoms with Gasteiger partial charge < -0.3 is 5.73 Å². The molecule has 0 bridgehead atoms. The number of thiol groups is 1. The highest BCUT2D eigenvalue weighted by Gasteiger charge is 2.11. The van der Waals surface area contributed by atoms with Crippen molar-refractivity contribution in [3.63, 3.8) is 0 Å². The molecule has 0 heterocycles. The zero-order valence-electron chi connectivity index (χ0n) is 8.23. The van der Waals surface area contributed by atoms with E-state index in [9.17, 15) is 4.79 Å². The van der Waals surface area contributed by atoms with Crippen molar-refractivity contribution in [1.29, 1.82) is 0 Å². The molecule has 1 atom stereocenters. The highest BCUT2D eigenvalue weighted by molar-refractivity contribution is 7.80. The van der Waals surface area contributed by atoms with E-state index in [0.29, 0.717) is 12.2 Å². The maximum Gasteiger partial charge on any atom is 0.154 e. The second-order valence-corrected chi connectivity index (χ2v) is 3.78. The lowest BCUT2D eigenvalue weighted by molar-refractivity contribution is -0.119. The van der Waals surface area contributed by atoms with E-state index >= 15 is 0 Å². The van der Waals surface area contributed by atoms with Gasteiger partial charge in [0.15, 0.2) is 5.78 Å². The third-order valence-corrected chi connectivity index (χ3v) is 2.50. The lowest BCUT2D eigenvalue weighted by Gasteiger charge is -2.06. The molecule has 14 heavy (non-hydrogen) atoms. The molecule has 0 spiro atoms. The van der Waals surface area contributed by atoms with Crippen LogP contribution in [0.25, 0.3) is 0 Å². The first-order valence-electron chi connectivity index (χ1n) is 4.58. The van der Waals surface area contributed by atoms with Crippen molar-refractivity contribution in [2.75, 3.05) is 5.75 Å². The van der Waals surface area contributed by atoms with E-state index in [-0.39, 0.29) is 5.78 Å². The van der Waals surface area contributed by atoms with Crippen molar-refractivity contribution in [2.45, 2.75) is 19.4 Å². The van der Waals surface area contributed by atoms with Gasteiger partial charge in [-0.3, -0.25) is 4.79 Å². The summed E-state index contributed by atoms with van der Waals surface area (Å²) in [5.41, 5.74) is 7.77. The summed E-state index contributed by atoms with van der Waals surface area (Å²) in [4.78, 5) is 11.5. The number of benzene rings is 1. The summed E-state index contributed by atoms with van der Waals surface area (Å²) in [6.45, 7) is 2.02. The summed E-state index contributed by atoms with van der Waals surface area (Å²) in [7, 11) is 0. The van der Waals surface area contributed by atoms with Crippen LogP contribution in [0.1, 0.15) is 11.1 Å². The van der Waals surface area contributed by atoms with E-state index in [4.69, 9.17) is 5.73 Å². The lowest BCUT2D eigenvalue weighted by Crippen LogP contribution is -2.33. The quantitative estimate of drug-likeness (QED) is 0.735. The summed E-state index contributed by atoms with van der Waals surface area (Å²) in [6.07, 6.45) is 0.405. The average molecular weight is 209 g/mol. The summed E-state index contributed by atoms with van der Waals surface area (Å²) >= 11 is 3.99. The van der Waals surface area contributed by atoms with Crippen LogP contribution in [0.4, 0.5) is 0 Å². The van der Waals surface area contributed by atoms with Crippen LogP contribution >= 0.6 is 12.6 Å². The molecular weight excluding hydrogens is 194 g/mol. The molecule has 0 radical (unpaired) electrons. The van der Waals surface area contributed by atoms with Crippen LogP contribution in [-0.4, -0.2) is 17.6 Å². The Kier molecular flexibility index (Phi) is 4.17. The zero-order chi connectivity index (χ0) is 10.6. The maximum absolute atomic E-state index is 11.5. The first-order valence-corrected chi connectivity index (χ1v) is 5.21. The van der Waals surface area contributed by atoms with Gasteiger partial charge in [-0.15, -0.1) is 0 Å². The minimum absolute atomic E-state index is 0.0452. The molecule has 0 unspecified atom stereocenters. The Balaban J connectivity index is 2.60. The molecule has 3 heteroatoms. The predicted molar refractivity (Wildman–Crippen MR) is 61.7 cm³/mol. The minimum atomic E-state index is -0.445. The first-order chi connectivity index (χ1) is 6.63. The molecule has 0 aliphatic carbocycles. The highest BCUT2D eigenvalue weighted by Crippen LogP contribution is 2.05. The van der Waals surface area contributed by atoms with Gasteiger partial charge in [0.05, 0.1) is 6.04 Å². The lowest BCUT2D eigenvalue weighted by atomic mass is 10.0. The van der Waals surface area contributed by atoms with Crippen LogP contribution in [0.3, 0.4) is 0 Å². The van der Waals surface area contributed by atoms with Gasteiger partial charge in [-0.2, -0.15) is 12.6 Å². The van der Waals surface area contributed by atoms with E-state index in [1.54, 1.807) is 0 Å². The standard InChI is InChI=1S/C11H15NOS/c1-8-2-4-9(5-3-8)6-11(13)10(12)7-14/h2-5,10,14H,6-7,12H2,1H3/t10-/m1/s1. The molecule has 76 valence electrons. The predicted octanol–water partition coefficient (Wildman–Crippen LogP) is 1.36. The van der Waals surface area contributed by atoms with Gasteiger partial charge in [-0.1, -0.05) is 29.8 Å². The highest BCUT2D eigenvalue weighted by atomic mass is 32.1. The monoisotopic (exact) mass is 209 g/mol. The minimum Gasteiger partial charge on any atom is -0.321 e. The van der Waals surface area contributed by atoms with Crippen LogP contribution in [0.15, 0.2) is 24.3 Å². The van der Waals surface area contributed by atoms with Crippen LogP contribution in [0, 0.1) is 6.92 Å². The van der Waals surface area contributed by atoms with Gasteiger partial charge in [0.25, 0.3) is 0 Å². The number of hydrogen-bond donors (Lipinski definition) is 2. The molecule has 2 N–H and O–H groups in total. The van der Waals surface area contributed by atoms with E-state index in [1.807, 2.05) is 31.2 Å². The van der Waals surface area contributed by atoms with Gasteiger partial charge in [-0.05, 0) is 12.5 Å². The number of rotatable bonds is 4. The molecule has 0 fully saturated rings. The van der Waals surface area contributed by atoms with Crippen molar-refractivity contribution in [1.82, 2.24) is 0 Å². The molecule has 0 saturated carbocycles. The zero-order valence-corrected chi connectivity index (χ0v) is 9.13. The molecule has 1 aromatic rings. The van der Waals surface area contributed by atoms with Gasteiger partial charge in [0.1, 0.15) is 0 Å². The van der Waals surface area contributed by atoms with Crippen molar-refractivity contribution in [3.05, 3.63) is 35.4 Å². The van der Waals surface area contributed by atoms with Crippen molar-refractivity contribution < 1.29 is 4.79 Å². The Morgan fingerprint density at radius 3 is 2.50 bits per heavy atom. The normalized spacial score (nSPS) is 12.5. The second-order valence-electron chi connectivity index (χ2n) is 3.42. The van der Waals surface area contributed by atoms with Crippen molar-refractivity contribution >= 4 is 18.4 Å².